The van der Waals surface area contributed by atoms with Crippen LogP contribution in [-0.2, 0) is 0 Å². The van der Waals surface area contributed by atoms with Crippen molar-refractivity contribution < 1.29 is 0 Å². The maximum atomic E-state index is 2.46. The first-order valence-corrected chi connectivity index (χ1v) is 19.7. The summed E-state index contributed by atoms with van der Waals surface area (Å²) in [5.74, 6) is 0. The molecule has 0 amide bonds. The van der Waals surface area contributed by atoms with E-state index >= 15 is 0 Å². The van der Waals surface area contributed by atoms with Gasteiger partial charge >= 0.3 is 0 Å². The third-order valence-corrected chi connectivity index (χ3v) is 42.8. The van der Waals surface area contributed by atoms with E-state index in [0.717, 1.165) is 0 Å². The maximum Gasteiger partial charge on any atom is 0.0563 e. The molecule has 0 aromatic heterocycles. The Morgan fingerprint density at radius 1 is 0.762 bits per heavy atom. The highest BCUT2D eigenvalue weighted by molar-refractivity contribution is 7.88. The summed E-state index contributed by atoms with van der Waals surface area (Å²) in [7, 11) is 4.35. The molecule has 0 N–H and O–H groups in total. The molecule has 5 heteroatoms. The molecule has 0 unspecified atom stereocenters. The SMILES string of the molecule is CCCCCCCCCC[Si]1(c2ccccc2)[Si][Si][Si][Si]1. The molecule has 1 aliphatic rings. The molecule has 8 radical (unpaired) electrons. The standard InChI is InChI=1S/C16H26Si5/c1-2-3-4-5-6-7-8-12-15-21(19-17-18-20-21)16-13-10-9-11-14-16/h9-11,13-14H,2-8,12,15H2,1H3. The van der Waals surface area contributed by atoms with Crippen LogP contribution in [0.1, 0.15) is 58.3 Å². The molecule has 1 saturated heterocycles. The van der Waals surface area contributed by atoms with Crippen molar-refractivity contribution in [2.75, 3.05) is 0 Å². The Bertz CT molecular complexity index is 376. The number of hydrogen-bond donors (Lipinski definition) is 0. The predicted octanol–water partition coefficient (Wildman–Crippen LogP) is 3.05. The fourth-order valence-electron chi connectivity index (χ4n) is 2.97. The van der Waals surface area contributed by atoms with Crippen molar-refractivity contribution in [3.63, 3.8) is 0 Å². The van der Waals surface area contributed by atoms with Gasteiger partial charge in [-0.05, 0) is 0 Å². The fourth-order valence-corrected chi connectivity index (χ4v) is 63.7. The summed E-state index contributed by atoms with van der Waals surface area (Å²) < 4.78 is 0. The molecule has 1 fully saturated rings. The van der Waals surface area contributed by atoms with Gasteiger partial charge in [0.2, 0.25) is 0 Å². The highest BCUT2D eigenvalue weighted by atomic mass is 30.1. The first-order chi connectivity index (χ1) is 10.4. The van der Waals surface area contributed by atoms with Crippen LogP contribution >= 0.6 is 0 Å². The lowest BCUT2D eigenvalue weighted by Gasteiger charge is -2.27. The fraction of sp³-hybridized carbons (Fsp3) is 0.625. The molecule has 1 aromatic carbocycles. The molecule has 0 aliphatic carbocycles. The summed E-state index contributed by atoms with van der Waals surface area (Å²) in [6, 6.07) is 13.2. The molecular formula is C16H26Si5. The van der Waals surface area contributed by atoms with E-state index in [1.807, 2.05) is 0 Å². The minimum absolute atomic E-state index is 1.01. The normalized spacial score (nSPS) is 17.2. The lowest BCUT2D eigenvalue weighted by atomic mass is 10.1. The summed E-state index contributed by atoms with van der Waals surface area (Å²) in [6.45, 7) is 2.30. The zero-order chi connectivity index (χ0) is 14.8. The van der Waals surface area contributed by atoms with Crippen molar-refractivity contribution >= 4 is 46.5 Å². The van der Waals surface area contributed by atoms with Crippen LogP contribution in [0.4, 0.5) is 0 Å². The van der Waals surface area contributed by atoms with E-state index in [1.165, 1.54) is 85.6 Å². The van der Waals surface area contributed by atoms with Crippen LogP contribution in [0.5, 0.6) is 0 Å². The Balaban J connectivity index is 1.70. The van der Waals surface area contributed by atoms with Crippen LogP contribution in [0.2, 0.25) is 6.04 Å². The Morgan fingerprint density at radius 3 is 1.95 bits per heavy atom. The Kier molecular flexibility index (Phi) is 8.53. The molecule has 0 nitrogen and oxygen atoms in total. The zero-order valence-corrected chi connectivity index (χ0v) is 18.3. The first-order valence-electron chi connectivity index (χ1n) is 8.47. The third kappa shape index (κ3) is 5.78. The van der Waals surface area contributed by atoms with Gasteiger partial charge in [-0.3, -0.25) is 0 Å². The van der Waals surface area contributed by atoms with E-state index < -0.39 is 7.11 Å². The van der Waals surface area contributed by atoms with Gasteiger partial charge in [0.1, 0.15) is 0 Å². The molecule has 0 atom stereocenters. The minimum Gasteiger partial charge on any atom is -0.0662 e. The van der Waals surface area contributed by atoms with E-state index in [1.54, 1.807) is 11.2 Å². The largest absolute Gasteiger partial charge is 0.0662 e. The van der Waals surface area contributed by atoms with Gasteiger partial charge in [0.25, 0.3) is 0 Å². The monoisotopic (exact) mass is 358 g/mol. The summed E-state index contributed by atoms with van der Waals surface area (Å²) in [6.07, 6.45) is 11.7. The van der Waals surface area contributed by atoms with Gasteiger partial charge < -0.3 is 0 Å². The molecule has 110 valence electrons. The highest BCUT2D eigenvalue weighted by Crippen LogP contribution is 2.17. The van der Waals surface area contributed by atoms with E-state index in [2.05, 4.69) is 37.3 Å². The van der Waals surface area contributed by atoms with Crippen molar-refractivity contribution in [2.24, 2.45) is 0 Å². The summed E-state index contributed by atoms with van der Waals surface area (Å²) in [5.41, 5.74) is 0. The van der Waals surface area contributed by atoms with E-state index in [9.17, 15) is 0 Å². The summed E-state index contributed by atoms with van der Waals surface area (Å²) in [4.78, 5) is 0. The molecule has 1 heterocycles. The highest BCUT2D eigenvalue weighted by Gasteiger charge is 2.38. The van der Waals surface area contributed by atoms with Gasteiger partial charge in [-0.1, -0.05) is 99.9 Å². The zero-order valence-electron chi connectivity index (χ0n) is 13.3. The molecule has 0 bridgehead atoms. The summed E-state index contributed by atoms with van der Waals surface area (Å²) in [5, 5.41) is 1.79. The van der Waals surface area contributed by atoms with Crippen LogP contribution in [0.15, 0.2) is 30.3 Å². The van der Waals surface area contributed by atoms with Gasteiger partial charge in [-0.25, -0.2) is 0 Å². The van der Waals surface area contributed by atoms with Crippen LogP contribution < -0.4 is 5.19 Å². The number of unbranched alkanes of at least 4 members (excludes halogenated alkanes) is 7. The molecular weight excluding hydrogens is 333 g/mol. The quantitative estimate of drug-likeness (QED) is 0.445. The molecule has 1 aliphatic heterocycles. The van der Waals surface area contributed by atoms with E-state index in [0.29, 0.717) is 0 Å². The Hall–Kier alpha value is 0.304. The van der Waals surface area contributed by atoms with Crippen molar-refractivity contribution in [2.45, 2.75) is 64.3 Å². The molecule has 0 spiro atoms. The van der Waals surface area contributed by atoms with Crippen molar-refractivity contribution in [3.8, 4) is 0 Å². The second-order valence-corrected chi connectivity index (χ2v) is 28.5. The Labute approximate surface area is 141 Å². The average molecular weight is 359 g/mol. The third-order valence-electron chi connectivity index (χ3n) is 4.29. The number of benzene rings is 1. The van der Waals surface area contributed by atoms with E-state index in [4.69, 9.17) is 0 Å². The van der Waals surface area contributed by atoms with E-state index in [-0.39, 0.29) is 0 Å². The van der Waals surface area contributed by atoms with Gasteiger partial charge in [0, 0.05) is 34.2 Å². The smallest absolute Gasteiger partial charge is 0.0563 e. The van der Waals surface area contributed by atoms with Crippen molar-refractivity contribution in [1.82, 2.24) is 0 Å². The molecule has 1 aromatic rings. The van der Waals surface area contributed by atoms with Gasteiger partial charge in [-0.15, -0.1) is 0 Å². The molecule has 2 rings (SSSR count). The van der Waals surface area contributed by atoms with Gasteiger partial charge in [-0.2, -0.15) is 0 Å². The van der Waals surface area contributed by atoms with Crippen molar-refractivity contribution in [3.05, 3.63) is 30.3 Å². The predicted molar refractivity (Wildman–Crippen MR) is 102 cm³/mol. The lowest BCUT2D eigenvalue weighted by Crippen LogP contribution is -2.56. The van der Waals surface area contributed by atoms with Crippen LogP contribution in [0, 0.1) is 0 Å². The second-order valence-electron chi connectivity index (χ2n) is 6.00. The van der Waals surface area contributed by atoms with Crippen LogP contribution in [-0.4, -0.2) is 41.3 Å². The van der Waals surface area contributed by atoms with Gasteiger partial charge in [0.15, 0.2) is 0 Å². The topological polar surface area (TPSA) is 0 Å². The first kappa shape index (κ1) is 17.7. The minimum atomic E-state index is -1.01. The maximum absolute atomic E-state index is 2.46. The second kappa shape index (κ2) is 10.1. The van der Waals surface area contributed by atoms with Crippen LogP contribution in [0.3, 0.4) is 0 Å². The molecule has 21 heavy (non-hydrogen) atoms. The summed E-state index contributed by atoms with van der Waals surface area (Å²) >= 11 is 0. The van der Waals surface area contributed by atoms with Gasteiger partial charge in [0.05, 0.1) is 7.11 Å². The molecule has 0 saturated carbocycles. The number of rotatable bonds is 10. The Morgan fingerprint density at radius 2 is 1.33 bits per heavy atom. The average Bonchev–Trinajstić information content (AvgIpc) is 3.01. The number of hydrogen-bond acceptors (Lipinski definition) is 0. The van der Waals surface area contributed by atoms with Crippen molar-refractivity contribution in [1.29, 1.82) is 0 Å². The lowest BCUT2D eigenvalue weighted by molar-refractivity contribution is 0.584. The van der Waals surface area contributed by atoms with Crippen LogP contribution in [0.25, 0.3) is 0 Å².